The zero-order valence-electron chi connectivity index (χ0n) is 14.9. The van der Waals surface area contributed by atoms with Crippen molar-refractivity contribution in [3.05, 3.63) is 64.2 Å². The number of phenolic OH excluding ortho intramolecular Hbond substituents is 1. The molecule has 0 atom stereocenters. The maximum atomic E-state index is 9.69. The monoisotopic (exact) mass is 367 g/mol. The number of rotatable bonds is 6. The molecule has 7 heteroatoms. The number of anilines is 1. The summed E-state index contributed by atoms with van der Waals surface area (Å²) in [4.78, 5) is 4.36. The summed E-state index contributed by atoms with van der Waals surface area (Å²) in [6.07, 6.45) is 1.53. The van der Waals surface area contributed by atoms with E-state index in [0.29, 0.717) is 16.7 Å². The van der Waals surface area contributed by atoms with Gasteiger partial charge >= 0.3 is 0 Å². The molecule has 0 spiro atoms. The Morgan fingerprint density at radius 3 is 2.65 bits per heavy atom. The summed E-state index contributed by atoms with van der Waals surface area (Å²) in [7, 11) is 0. The number of benzene rings is 2. The average molecular weight is 367 g/mol. The number of thioether (sulfide) groups is 1. The highest BCUT2D eigenvalue weighted by molar-refractivity contribution is 7.98. The van der Waals surface area contributed by atoms with Gasteiger partial charge in [-0.3, -0.25) is 0 Å². The Morgan fingerprint density at radius 2 is 1.92 bits per heavy atom. The molecular formula is C19H21N5OS. The molecule has 0 aliphatic rings. The first-order chi connectivity index (χ1) is 12.5. The van der Waals surface area contributed by atoms with Crippen LogP contribution in [0.15, 0.2) is 46.7 Å². The van der Waals surface area contributed by atoms with Gasteiger partial charge < -0.3 is 5.11 Å². The molecule has 0 amide bonds. The molecule has 134 valence electrons. The van der Waals surface area contributed by atoms with Crippen LogP contribution in [0.4, 0.5) is 5.95 Å². The zero-order valence-corrected chi connectivity index (χ0v) is 15.8. The molecule has 0 saturated heterocycles. The molecule has 0 aliphatic heterocycles. The molecule has 3 rings (SSSR count). The first kappa shape index (κ1) is 18.0. The molecule has 0 aliphatic carbocycles. The van der Waals surface area contributed by atoms with Crippen LogP contribution >= 0.6 is 11.8 Å². The second-order valence-corrected chi connectivity index (χ2v) is 7.00. The van der Waals surface area contributed by atoms with Gasteiger partial charge in [0.05, 0.1) is 6.21 Å². The van der Waals surface area contributed by atoms with Gasteiger partial charge in [0.1, 0.15) is 5.75 Å². The van der Waals surface area contributed by atoms with Gasteiger partial charge in [-0.15, -0.1) is 5.10 Å². The van der Waals surface area contributed by atoms with Crippen LogP contribution < -0.4 is 5.43 Å². The van der Waals surface area contributed by atoms with Crippen molar-refractivity contribution in [1.82, 2.24) is 15.2 Å². The number of aromatic amines is 1. The Kier molecular flexibility index (Phi) is 5.58. The average Bonchev–Trinajstić information content (AvgIpc) is 3.03. The Hall–Kier alpha value is -2.80. The zero-order chi connectivity index (χ0) is 18.5. The van der Waals surface area contributed by atoms with E-state index in [1.165, 1.54) is 28.5 Å². The minimum Gasteiger partial charge on any atom is -0.507 e. The number of phenols is 1. The van der Waals surface area contributed by atoms with Gasteiger partial charge in [-0.2, -0.15) is 10.1 Å². The normalized spacial score (nSPS) is 11.2. The molecule has 0 bridgehead atoms. The largest absolute Gasteiger partial charge is 0.507 e. The molecule has 3 N–H and O–H groups in total. The maximum Gasteiger partial charge on any atom is 0.240 e. The Morgan fingerprint density at radius 1 is 1.19 bits per heavy atom. The number of hydrazone groups is 1. The summed E-state index contributed by atoms with van der Waals surface area (Å²) in [5, 5.41) is 21.4. The van der Waals surface area contributed by atoms with Crippen LogP contribution in [0.1, 0.15) is 27.8 Å². The maximum absolute atomic E-state index is 9.69. The van der Waals surface area contributed by atoms with E-state index < -0.39 is 0 Å². The fraction of sp³-hybridized carbons (Fsp3) is 0.211. The lowest BCUT2D eigenvalue weighted by Crippen LogP contribution is -1.94. The highest BCUT2D eigenvalue weighted by Crippen LogP contribution is 2.25. The van der Waals surface area contributed by atoms with Crippen molar-refractivity contribution >= 4 is 23.9 Å². The van der Waals surface area contributed by atoms with Gasteiger partial charge in [-0.05, 0) is 49.6 Å². The molecule has 6 nitrogen and oxygen atoms in total. The Labute approximate surface area is 156 Å². The number of aryl methyl sites for hydroxylation is 3. The van der Waals surface area contributed by atoms with Crippen molar-refractivity contribution in [3.8, 4) is 5.75 Å². The highest BCUT2D eigenvalue weighted by Gasteiger charge is 2.08. The Balaban J connectivity index is 1.59. The van der Waals surface area contributed by atoms with Gasteiger partial charge in [0, 0.05) is 11.3 Å². The van der Waals surface area contributed by atoms with Crippen LogP contribution in [-0.4, -0.2) is 26.5 Å². The molecule has 2 aromatic carbocycles. The predicted octanol–water partition coefficient (Wildman–Crippen LogP) is 4.17. The van der Waals surface area contributed by atoms with Gasteiger partial charge in [0.15, 0.2) is 0 Å². The van der Waals surface area contributed by atoms with E-state index in [1.54, 1.807) is 30.0 Å². The van der Waals surface area contributed by atoms with Crippen molar-refractivity contribution < 1.29 is 5.11 Å². The van der Waals surface area contributed by atoms with Gasteiger partial charge in [0.25, 0.3) is 0 Å². The van der Waals surface area contributed by atoms with E-state index in [4.69, 9.17) is 0 Å². The molecule has 0 saturated carbocycles. The van der Waals surface area contributed by atoms with Crippen molar-refractivity contribution in [3.63, 3.8) is 0 Å². The quantitative estimate of drug-likeness (QED) is 0.346. The lowest BCUT2D eigenvalue weighted by Gasteiger charge is -2.09. The highest BCUT2D eigenvalue weighted by atomic mass is 32.2. The fourth-order valence-corrected chi connectivity index (χ4v) is 3.69. The summed E-state index contributed by atoms with van der Waals surface area (Å²) >= 11 is 1.58. The minimum absolute atomic E-state index is 0.177. The lowest BCUT2D eigenvalue weighted by atomic mass is 10.0. The van der Waals surface area contributed by atoms with E-state index in [1.807, 2.05) is 6.07 Å². The van der Waals surface area contributed by atoms with Crippen molar-refractivity contribution in [1.29, 1.82) is 0 Å². The predicted molar refractivity (Wildman–Crippen MR) is 106 cm³/mol. The third-order valence-electron chi connectivity index (χ3n) is 3.96. The van der Waals surface area contributed by atoms with E-state index >= 15 is 0 Å². The summed E-state index contributed by atoms with van der Waals surface area (Å²) in [6, 6.07) is 11.4. The second-order valence-electron chi connectivity index (χ2n) is 6.06. The molecule has 0 radical (unpaired) electrons. The van der Waals surface area contributed by atoms with Crippen LogP contribution in [0.2, 0.25) is 0 Å². The van der Waals surface area contributed by atoms with Crippen molar-refractivity contribution in [2.45, 2.75) is 31.7 Å². The standard InChI is InChI=1S/C19H21N5OS/c1-12-8-13(2)16(14(3)9-12)11-26-19-21-18(23-24-19)22-20-10-15-6-4-5-7-17(15)25/h4-10,25H,11H2,1-3H3,(H2,21,22,23,24)/b20-10-. The number of para-hydroxylation sites is 1. The minimum atomic E-state index is 0.177. The number of H-pyrrole nitrogens is 1. The van der Waals surface area contributed by atoms with Gasteiger partial charge in [-0.25, -0.2) is 10.5 Å². The number of hydrogen-bond acceptors (Lipinski definition) is 6. The summed E-state index contributed by atoms with van der Waals surface area (Å²) in [6.45, 7) is 6.38. The van der Waals surface area contributed by atoms with Gasteiger partial charge in [0.2, 0.25) is 11.1 Å². The Bertz CT molecular complexity index is 912. The molecule has 1 aromatic heterocycles. The van der Waals surface area contributed by atoms with Crippen molar-refractivity contribution in [2.75, 3.05) is 5.43 Å². The summed E-state index contributed by atoms with van der Waals surface area (Å²) < 4.78 is 0. The topological polar surface area (TPSA) is 86.2 Å². The van der Waals surface area contributed by atoms with E-state index in [-0.39, 0.29) is 5.75 Å². The molecule has 26 heavy (non-hydrogen) atoms. The lowest BCUT2D eigenvalue weighted by molar-refractivity contribution is 0.474. The number of nitrogens with one attached hydrogen (secondary N) is 2. The molecule has 3 aromatic rings. The smallest absolute Gasteiger partial charge is 0.240 e. The molecule has 0 unspecified atom stereocenters. The van der Waals surface area contributed by atoms with Crippen LogP contribution in [0.25, 0.3) is 0 Å². The van der Waals surface area contributed by atoms with E-state index in [2.05, 4.69) is 58.6 Å². The van der Waals surface area contributed by atoms with Crippen LogP contribution in [-0.2, 0) is 5.75 Å². The van der Waals surface area contributed by atoms with Crippen LogP contribution in [0.3, 0.4) is 0 Å². The van der Waals surface area contributed by atoms with E-state index in [0.717, 1.165) is 5.75 Å². The SMILES string of the molecule is Cc1cc(C)c(CSc2n[nH]c(N/N=C\c3ccccc3O)n2)c(C)c1. The molecule has 0 fully saturated rings. The second kappa shape index (κ2) is 8.05. The number of aromatic hydroxyl groups is 1. The first-order valence-electron chi connectivity index (χ1n) is 8.22. The number of hydrogen-bond donors (Lipinski definition) is 3. The van der Waals surface area contributed by atoms with Crippen molar-refractivity contribution in [2.24, 2.45) is 5.10 Å². The summed E-state index contributed by atoms with van der Waals surface area (Å²) in [5.41, 5.74) is 8.58. The van der Waals surface area contributed by atoms with Gasteiger partial charge in [-0.1, -0.05) is 41.6 Å². The third-order valence-corrected chi connectivity index (χ3v) is 4.84. The number of nitrogens with zero attached hydrogens (tertiary/aromatic N) is 3. The fourth-order valence-electron chi connectivity index (χ4n) is 2.69. The van der Waals surface area contributed by atoms with Crippen LogP contribution in [0.5, 0.6) is 5.75 Å². The molecule has 1 heterocycles. The molecular weight excluding hydrogens is 346 g/mol. The van der Waals surface area contributed by atoms with E-state index in [9.17, 15) is 5.11 Å². The third kappa shape index (κ3) is 4.43. The number of aromatic nitrogens is 3. The van der Waals surface area contributed by atoms with Crippen LogP contribution in [0, 0.1) is 20.8 Å². The first-order valence-corrected chi connectivity index (χ1v) is 9.20. The summed E-state index contributed by atoms with van der Waals surface area (Å²) in [5.74, 6) is 1.45.